The lowest BCUT2D eigenvalue weighted by molar-refractivity contribution is 0.570. The van der Waals surface area contributed by atoms with Crippen molar-refractivity contribution in [1.29, 1.82) is 0 Å². The van der Waals surface area contributed by atoms with Gasteiger partial charge < -0.3 is 5.32 Å². The van der Waals surface area contributed by atoms with Crippen LogP contribution in [0.1, 0.15) is 13.8 Å². The molecule has 0 aromatic carbocycles. The van der Waals surface area contributed by atoms with Crippen LogP contribution in [0, 0.1) is 5.92 Å². The van der Waals surface area contributed by atoms with Crippen LogP contribution >= 0.6 is 15.9 Å². The minimum Gasteiger partial charge on any atom is -0.367 e. The molecular weight excluding hydrogens is 230 g/mol. The maximum absolute atomic E-state index is 4.10. The SMILES string of the molecule is CC(CBr)C(C)Nc1ccncn1. The van der Waals surface area contributed by atoms with Gasteiger partial charge in [0.25, 0.3) is 0 Å². The van der Waals surface area contributed by atoms with E-state index in [0.29, 0.717) is 12.0 Å². The standard InChI is InChI=1S/C9H14BrN3/c1-7(5-10)8(2)13-9-3-4-11-6-12-9/h3-4,6-8H,5H2,1-2H3,(H,11,12,13). The molecule has 0 aliphatic heterocycles. The van der Waals surface area contributed by atoms with Crippen LogP contribution in [0.2, 0.25) is 0 Å². The van der Waals surface area contributed by atoms with E-state index in [-0.39, 0.29) is 0 Å². The fourth-order valence-corrected chi connectivity index (χ4v) is 1.45. The highest BCUT2D eigenvalue weighted by Crippen LogP contribution is 2.10. The van der Waals surface area contributed by atoms with Crippen molar-refractivity contribution in [1.82, 2.24) is 9.97 Å². The van der Waals surface area contributed by atoms with Crippen molar-refractivity contribution in [3.63, 3.8) is 0 Å². The van der Waals surface area contributed by atoms with E-state index in [4.69, 9.17) is 0 Å². The van der Waals surface area contributed by atoms with Crippen molar-refractivity contribution in [3.8, 4) is 0 Å². The first-order valence-electron chi connectivity index (χ1n) is 4.32. The molecule has 0 aliphatic rings. The molecule has 0 amide bonds. The molecule has 1 heterocycles. The van der Waals surface area contributed by atoms with Crippen molar-refractivity contribution in [2.45, 2.75) is 19.9 Å². The van der Waals surface area contributed by atoms with Gasteiger partial charge in [-0.05, 0) is 18.9 Å². The van der Waals surface area contributed by atoms with Gasteiger partial charge in [0.05, 0.1) is 0 Å². The van der Waals surface area contributed by atoms with Crippen LogP contribution in [0.15, 0.2) is 18.6 Å². The van der Waals surface area contributed by atoms with E-state index in [2.05, 4.69) is 45.1 Å². The molecule has 2 atom stereocenters. The summed E-state index contributed by atoms with van der Waals surface area (Å²) in [4.78, 5) is 7.96. The molecular formula is C9H14BrN3. The normalized spacial score (nSPS) is 15.0. The highest BCUT2D eigenvalue weighted by atomic mass is 79.9. The van der Waals surface area contributed by atoms with Crippen LogP contribution in [0.3, 0.4) is 0 Å². The zero-order valence-electron chi connectivity index (χ0n) is 7.87. The summed E-state index contributed by atoms with van der Waals surface area (Å²) in [7, 11) is 0. The Morgan fingerprint density at radius 1 is 1.54 bits per heavy atom. The van der Waals surface area contributed by atoms with E-state index in [1.54, 1.807) is 12.5 Å². The second-order valence-corrected chi connectivity index (χ2v) is 3.81. The van der Waals surface area contributed by atoms with E-state index < -0.39 is 0 Å². The average molecular weight is 244 g/mol. The summed E-state index contributed by atoms with van der Waals surface area (Å²) in [5, 5.41) is 4.30. The fourth-order valence-electron chi connectivity index (χ4n) is 0.885. The number of nitrogens with one attached hydrogen (secondary N) is 1. The number of alkyl halides is 1. The molecule has 0 aliphatic carbocycles. The quantitative estimate of drug-likeness (QED) is 0.826. The van der Waals surface area contributed by atoms with E-state index in [0.717, 1.165) is 11.1 Å². The second kappa shape index (κ2) is 5.17. The molecule has 0 spiro atoms. The number of anilines is 1. The van der Waals surface area contributed by atoms with E-state index in [1.165, 1.54) is 0 Å². The van der Waals surface area contributed by atoms with Crippen LogP contribution in [0.4, 0.5) is 5.82 Å². The third kappa shape index (κ3) is 3.30. The molecule has 1 aromatic rings. The van der Waals surface area contributed by atoms with Gasteiger partial charge in [-0.2, -0.15) is 0 Å². The van der Waals surface area contributed by atoms with Crippen molar-refractivity contribution < 1.29 is 0 Å². The zero-order chi connectivity index (χ0) is 9.68. The monoisotopic (exact) mass is 243 g/mol. The lowest BCUT2D eigenvalue weighted by Crippen LogP contribution is -2.25. The van der Waals surface area contributed by atoms with Gasteiger partial charge >= 0.3 is 0 Å². The molecule has 13 heavy (non-hydrogen) atoms. The number of nitrogens with zero attached hydrogens (tertiary/aromatic N) is 2. The average Bonchev–Trinajstić information content (AvgIpc) is 2.18. The van der Waals surface area contributed by atoms with Crippen molar-refractivity contribution in [3.05, 3.63) is 18.6 Å². The van der Waals surface area contributed by atoms with Gasteiger partial charge in [0.2, 0.25) is 0 Å². The Bertz CT molecular complexity index is 240. The van der Waals surface area contributed by atoms with Crippen LogP contribution in [-0.4, -0.2) is 21.3 Å². The molecule has 0 bridgehead atoms. The first-order chi connectivity index (χ1) is 6.24. The molecule has 0 fully saturated rings. The lowest BCUT2D eigenvalue weighted by Gasteiger charge is -2.19. The number of rotatable bonds is 4. The van der Waals surface area contributed by atoms with Gasteiger partial charge in [-0.1, -0.05) is 22.9 Å². The van der Waals surface area contributed by atoms with Gasteiger partial charge in [0.15, 0.2) is 0 Å². The van der Waals surface area contributed by atoms with Crippen LogP contribution in [0.5, 0.6) is 0 Å². The first-order valence-corrected chi connectivity index (χ1v) is 5.44. The van der Waals surface area contributed by atoms with Gasteiger partial charge in [0.1, 0.15) is 12.1 Å². The number of halogens is 1. The van der Waals surface area contributed by atoms with E-state index in [1.807, 2.05) is 6.07 Å². The molecule has 72 valence electrons. The van der Waals surface area contributed by atoms with E-state index in [9.17, 15) is 0 Å². The van der Waals surface area contributed by atoms with Gasteiger partial charge in [-0.15, -0.1) is 0 Å². The van der Waals surface area contributed by atoms with Crippen molar-refractivity contribution in [2.75, 3.05) is 10.6 Å². The largest absolute Gasteiger partial charge is 0.367 e. The Balaban J connectivity index is 2.50. The minimum atomic E-state index is 0.411. The summed E-state index contributed by atoms with van der Waals surface area (Å²) < 4.78 is 0. The molecule has 4 heteroatoms. The summed E-state index contributed by atoms with van der Waals surface area (Å²) in [6, 6.07) is 2.28. The van der Waals surface area contributed by atoms with Gasteiger partial charge in [-0.25, -0.2) is 9.97 Å². The highest BCUT2D eigenvalue weighted by molar-refractivity contribution is 9.09. The topological polar surface area (TPSA) is 37.8 Å². The third-order valence-electron chi connectivity index (χ3n) is 2.05. The van der Waals surface area contributed by atoms with Gasteiger partial charge in [-0.3, -0.25) is 0 Å². The number of aromatic nitrogens is 2. The van der Waals surface area contributed by atoms with Crippen LogP contribution in [0.25, 0.3) is 0 Å². The van der Waals surface area contributed by atoms with Crippen molar-refractivity contribution in [2.24, 2.45) is 5.92 Å². The van der Waals surface area contributed by atoms with Crippen LogP contribution < -0.4 is 5.32 Å². The Hall–Kier alpha value is -0.640. The first kappa shape index (κ1) is 10.4. The maximum atomic E-state index is 4.10. The predicted octanol–water partition coefficient (Wildman–Crippen LogP) is 2.31. The molecule has 1 aromatic heterocycles. The fraction of sp³-hybridized carbons (Fsp3) is 0.556. The predicted molar refractivity (Wildman–Crippen MR) is 58.1 cm³/mol. The lowest BCUT2D eigenvalue weighted by atomic mass is 10.1. The maximum Gasteiger partial charge on any atom is 0.129 e. The van der Waals surface area contributed by atoms with Gasteiger partial charge in [0, 0.05) is 17.6 Å². The minimum absolute atomic E-state index is 0.411. The molecule has 0 saturated carbocycles. The Morgan fingerprint density at radius 3 is 2.85 bits per heavy atom. The molecule has 2 unspecified atom stereocenters. The number of hydrogen-bond donors (Lipinski definition) is 1. The Kier molecular flexibility index (Phi) is 4.15. The smallest absolute Gasteiger partial charge is 0.129 e. The highest BCUT2D eigenvalue weighted by Gasteiger charge is 2.10. The zero-order valence-corrected chi connectivity index (χ0v) is 9.45. The third-order valence-corrected chi connectivity index (χ3v) is 3.08. The van der Waals surface area contributed by atoms with E-state index >= 15 is 0 Å². The Morgan fingerprint density at radius 2 is 2.31 bits per heavy atom. The molecule has 1 N–H and O–H groups in total. The summed E-state index contributed by atoms with van der Waals surface area (Å²) in [5.74, 6) is 1.46. The molecule has 3 nitrogen and oxygen atoms in total. The molecule has 1 rings (SSSR count). The number of hydrogen-bond acceptors (Lipinski definition) is 3. The molecule has 0 radical (unpaired) electrons. The Labute approximate surface area is 87.1 Å². The van der Waals surface area contributed by atoms with Crippen molar-refractivity contribution >= 4 is 21.7 Å². The summed E-state index contributed by atoms with van der Waals surface area (Å²) in [6.07, 6.45) is 3.29. The summed E-state index contributed by atoms with van der Waals surface area (Å²) in [5.41, 5.74) is 0. The summed E-state index contributed by atoms with van der Waals surface area (Å²) >= 11 is 3.46. The molecule has 0 saturated heterocycles. The van der Waals surface area contributed by atoms with Crippen LogP contribution in [-0.2, 0) is 0 Å². The second-order valence-electron chi connectivity index (χ2n) is 3.16. The summed E-state index contributed by atoms with van der Waals surface area (Å²) in [6.45, 7) is 4.33.